The number of hydrogen-bond acceptors (Lipinski definition) is 3. The molecule has 0 fully saturated rings. The third-order valence-electron chi connectivity index (χ3n) is 2.24. The summed E-state index contributed by atoms with van der Waals surface area (Å²) in [6.07, 6.45) is 1.74. The third-order valence-corrected chi connectivity index (χ3v) is 6.35. The second kappa shape index (κ2) is 7.09. The first-order chi connectivity index (χ1) is 7.95. The van der Waals surface area contributed by atoms with Gasteiger partial charge in [-0.05, 0) is 46.8 Å². The number of sulfonamides is 1. The van der Waals surface area contributed by atoms with E-state index in [1.165, 1.54) is 11.3 Å². The zero-order valence-corrected chi connectivity index (χ0v) is 13.4. The molecule has 7 heteroatoms. The Labute approximate surface area is 120 Å². The Kier molecular flexibility index (Phi) is 6.44. The molecule has 0 aliphatic carbocycles. The lowest BCUT2D eigenvalue weighted by Crippen LogP contribution is -2.24. The van der Waals surface area contributed by atoms with E-state index in [4.69, 9.17) is 11.6 Å². The lowest BCUT2D eigenvalue weighted by Gasteiger charge is -2.07. The molecule has 98 valence electrons. The van der Waals surface area contributed by atoms with Crippen molar-refractivity contribution in [3.05, 3.63) is 15.9 Å². The van der Waals surface area contributed by atoms with Gasteiger partial charge in [0.25, 0.3) is 0 Å². The van der Waals surface area contributed by atoms with E-state index < -0.39 is 10.0 Å². The van der Waals surface area contributed by atoms with Gasteiger partial charge in [-0.3, -0.25) is 0 Å². The molecule has 0 saturated heterocycles. The summed E-state index contributed by atoms with van der Waals surface area (Å²) in [5.74, 6) is 1.04. The second-order valence-corrected chi connectivity index (χ2v) is 8.62. The quantitative estimate of drug-likeness (QED) is 0.598. The molecule has 1 aromatic rings. The van der Waals surface area contributed by atoms with E-state index in [1.54, 1.807) is 12.1 Å². The van der Waals surface area contributed by atoms with Crippen LogP contribution in [0.25, 0.3) is 0 Å². The summed E-state index contributed by atoms with van der Waals surface area (Å²) in [6, 6.07) is 3.33. The highest BCUT2D eigenvalue weighted by Crippen LogP contribution is 2.25. The Hall–Kier alpha value is 0.380. The Balaban J connectivity index is 2.41. The van der Waals surface area contributed by atoms with E-state index in [0.717, 1.165) is 16.6 Å². The standard InChI is InChI=1S/C10H15BrClNO2S2/c1-8(7-12)3-2-6-13-17(14,15)10-5-4-9(11)16-10/h4-5,8,13H,2-3,6-7H2,1H3. The molecule has 1 atom stereocenters. The molecule has 1 rings (SSSR count). The number of hydrogen-bond donors (Lipinski definition) is 1. The smallest absolute Gasteiger partial charge is 0.210 e. The van der Waals surface area contributed by atoms with Crippen molar-refractivity contribution < 1.29 is 8.42 Å². The van der Waals surface area contributed by atoms with Crippen LogP contribution in [0.4, 0.5) is 0 Å². The summed E-state index contributed by atoms with van der Waals surface area (Å²) in [7, 11) is -3.34. The molecule has 17 heavy (non-hydrogen) atoms. The van der Waals surface area contributed by atoms with Crippen LogP contribution in [-0.2, 0) is 10.0 Å². The number of nitrogens with one attached hydrogen (secondary N) is 1. The van der Waals surface area contributed by atoms with Gasteiger partial charge in [0, 0.05) is 12.4 Å². The summed E-state index contributed by atoms with van der Waals surface area (Å²) >= 11 is 10.1. The summed E-state index contributed by atoms with van der Waals surface area (Å²) in [5, 5.41) is 0. The highest BCUT2D eigenvalue weighted by atomic mass is 79.9. The maximum absolute atomic E-state index is 11.8. The molecule has 1 aromatic heterocycles. The van der Waals surface area contributed by atoms with Gasteiger partial charge in [0.05, 0.1) is 3.79 Å². The zero-order valence-electron chi connectivity index (χ0n) is 9.45. The molecule has 0 aromatic carbocycles. The molecule has 0 radical (unpaired) electrons. The summed E-state index contributed by atoms with van der Waals surface area (Å²) < 4.78 is 27.4. The molecule has 1 N–H and O–H groups in total. The maximum atomic E-state index is 11.8. The first-order valence-corrected chi connectivity index (χ1v) is 8.89. The van der Waals surface area contributed by atoms with Gasteiger partial charge in [0.1, 0.15) is 4.21 Å². The summed E-state index contributed by atoms with van der Waals surface area (Å²) in [4.78, 5) is 0. The van der Waals surface area contributed by atoms with Gasteiger partial charge in [-0.2, -0.15) is 0 Å². The van der Waals surface area contributed by atoms with Crippen molar-refractivity contribution in [3.8, 4) is 0 Å². The lowest BCUT2D eigenvalue weighted by molar-refractivity contribution is 0.544. The minimum Gasteiger partial charge on any atom is -0.210 e. The fourth-order valence-corrected chi connectivity index (χ4v) is 4.53. The number of thiophene rings is 1. The fraction of sp³-hybridized carbons (Fsp3) is 0.600. The predicted molar refractivity (Wildman–Crippen MR) is 76.3 cm³/mol. The zero-order chi connectivity index (χ0) is 12.9. The van der Waals surface area contributed by atoms with Gasteiger partial charge in [0.2, 0.25) is 10.0 Å². The van der Waals surface area contributed by atoms with E-state index in [2.05, 4.69) is 27.6 Å². The van der Waals surface area contributed by atoms with Gasteiger partial charge < -0.3 is 0 Å². The fourth-order valence-electron chi connectivity index (χ4n) is 1.25. The molecule has 0 amide bonds. The van der Waals surface area contributed by atoms with Crippen molar-refractivity contribution in [1.82, 2.24) is 4.72 Å². The largest absolute Gasteiger partial charge is 0.250 e. The SMILES string of the molecule is CC(CCl)CCCNS(=O)(=O)c1ccc(Br)s1. The highest BCUT2D eigenvalue weighted by Gasteiger charge is 2.15. The van der Waals surface area contributed by atoms with Gasteiger partial charge in [-0.15, -0.1) is 22.9 Å². The van der Waals surface area contributed by atoms with Gasteiger partial charge in [0.15, 0.2) is 0 Å². The van der Waals surface area contributed by atoms with E-state index in [9.17, 15) is 8.42 Å². The van der Waals surface area contributed by atoms with Gasteiger partial charge in [-0.25, -0.2) is 13.1 Å². The van der Waals surface area contributed by atoms with Crippen molar-refractivity contribution in [2.75, 3.05) is 12.4 Å². The molecular formula is C10H15BrClNO2S2. The van der Waals surface area contributed by atoms with E-state index in [-0.39, 0.29) is 0 Å². The molecule has 3 nitrogen and oxygen atoms in total. The summed E-state index contributed by atoms with van der Waals surface area (Å²) in [6.45, 7) is 2.51. The minimum atomic E-state index is -3.34. The highest BCUT2D eigenvalue weighted by molar-refractivity contribution is 9.11. The molecule has 1 unspecified atom stereocenters. The first-order valence-electron chi connectivity index (χ1n) is 5.26. The van der Waals surface area contributed by atoms with Crippen LogP contribution in [-0.4, -0.2) is 20.8 Å². The molecular weight excluding hydrogens is 346 g/mol. The van der Waals surface area contributed by atoms with E-state index in [1.807, 2.05) is 0 Å². The summed E-state index contributed by atoms with van der Waals surface area (Å²) in [5.41, 5.74) is 0. The predicted octanol–water partition coefficient (Wildman–Crippen LogP) is 3.44. The number of rotatable bonds is 7. The Morgan fingerprint density at radius 1 is 1.53 bits per heavy atom. The van der Waals surface area contributed by atoms with E-state index in [0.29, 0.717) is 22.6 Å². The molecule has 1 heterocycles. The first kappa shape index (κ1) is 15.4. The third kappa shape index (κ3) is 5.26. The van der Waals surface area contributed by atoms with Crippen molar-refractivity contribution in [1.29, 1.82) is 0 Å². The molecule has 0 bridgehead atoms. The molecule has 0 saturated carbocycles. The molecule has 0 aliphatic rings. The monoisotopic (exact) mass is 359 g/mol. The van der Waals surface area contributed by atoms with Crippen LogP contribution < -0.4 is 4.72 Å². The Morgan fingerprint density at radius 3 is 2.76 bits per heavy atom. The number of alkyl halides is 1. The number of halogens is 2. The lowest BCUT2D eigenvalue weighted by atomic mass is 10.1. The van der Waals surface area contributed by atoms with Crippen LogP contribution in [0.3, 0.4) is 0 Å². The van der Waals surface area contributed by atoms with Crippen molar-refractivity contribution in [2.45, 2.75) is 24.0 Å². The van der Waals surface area contributed by atoms with Crippen LogP contribution in [0.1, 0.15) is 19.8 Å². The van der Waals surface area contributed by atoms with Gasteiger partial charge in [-0.1, -0.05) is 6.92 Å². The normalized spacial score (nSPS) is 13.8. The Bertz CT molecular complexity index is 447. The molecule has 0 spiro atoms. The second-order valence-electron chi connectivity index (χ2n) is 3.86. The van der Waals surface area contributed by atoms with Crippen LogP contribution in [0.5, 0.6) is 0 Å². The van der Waals surface area contributed by atoms with Crippen LogP contribution in [0.15, 0.2) is 20.1 Å². The van der Waals surface area contributed by atoms with E-state index >= 15 is 0 Å². The van der Waals surface area contributed by atoms with Crippen LogP contribution >= 0.6 is 38.9 Å². The minimum absolute atomic E-state index is 0.342. The van der Waals surface area contributed by atoms with Crippen LogP contribution in [0, 0.1) is 5.92 Å². The van der Waals surface area contributed by atoms with Crippen molar-refractivity contribution >= 4 is 48.9 Å². The van der Waals surface area contributed by atoms with Gasteiger partial charge >= 0.3 is 0 Å². The van der Waals surface area contributed by atoms with Crippen molar-refractivity contribution in [3.63, 3.8) is 0 Å². The average molecular weight is 361 g/mol. The average Bonchev–Trinajstić information content (AvgIpc) is 2.71. The topological polar surface area (TPSA) is 46.2 Å². The van der Waals surface area contributed by atoms with Crippen molar-refractivity contribution in [2.24, 2.45) is 5.92 Å². The Morgan fingerprint density at radius 2 is 2.24 bits per heavy atom. The van der Waals surface area contributed by atoms with Crippen LogP contribution in [0.2, 0.25) is 0 Å². The molecule has 0 aliphatic heterocycles. The maximum Gasteiger partial charge on any atom is 0.250 e.